The maximum atomic E-state index is 9.06. The number of hydrogen-bond donors (Lipinski definition) is 0. The van der Waals surface area contributed by atoms with Gasteiger partial charge in [-0.2, -0.15) is 5.26 Å². The summed E-state index contributed by atoms with van der Waals surface area (Å²) in [4.78, 5) is 0. The molecule has 0 aliphatic carbocycles. The second-order valence-electron chi connectivity index (χ2n) is 4.15. The lowest BCUT2D eigenvalue weighted by atomic mass is 9.77. The van der Waals surface area contributed by atoms with Gasteiger partial charge in [0.05, 0.1) is 18.1 Å². The Labute approximate surface area is 74.5 Å². The molecule has 1 saturated heterocycles. The van der Waals surface area contributed by atoms with Crippen LogP contribution in [-0.4, -0.2) is 13.2 Å². The molecule has 1 fully saturated rings. The second-order valence-corrected chi connectivity index (χ2v) is 4.15. The van der Waals surface area contributed by atoms with Crippen molar-refractivity contribution in [1.29, 1.82) is 5.26 Å². The maximum Gasteiger partial charge on any atom is 0.0810 e. The van der Waals surface area contributed by atoms with Crippen LogP contribution in [0, 0.1) is 22.7 Å². The van der Waals surface area contributed by atoms with Gasteiger partial charge in [-0.1, -0.05) is 13.8 Å². The summed E-state index contributed by atoms with van der Waals surface area (Å²) in [5.41, 5.74) is -0.174. The SMILES string of the molecule is CC(C)CC1(C#N)CCCOC1. The van der Waals surface area contributed by atoms with E-state index in [2.05, 4.69) is 19.9 Å². The Kier molecular flexibility index (Phi) is 3.11. The molecule has 1 rings (SSSR count). The predicted molar refractivity (Wildman–Crippen MR) is 47.6 cm³/mol. The molecule has 2 heteroatoms. The summed E-state index contributed by atoms with van der Waals surface area (Å²) in [5, 5.41) is 9.06. The van der Waals surface area contributed by atoms with Gasteiger partial charge in [0, 0.05) is 6.61 Å². The molecule has 0 bridgehead atoms. The molecule has 1 aliphatic heterocycles. The first-order valence-corrected chi connectivity index (χ1v) is 4.67. The first-order valence-electron chi connectivity index (χ1n) is 4.67. The first kappa shape index (κ1) is 9.54. The van der Waals surface area contributed by atoms with Crippen LogP contribution in [0.3, 0.4) is 0 Å². The smallest absolute Gasteiger partial charge is 0.0810 e. The van der Waals surface area contributed by atoms with Gasteiger partial charge in [-0.3, -0.25) is 0 Å². The summed E-state index contributed by atoms with van der Waals surface area (Å²) in [6, 6.07) is 2.42. The van der Waals surface area contributed by atoms with Gasteiger partial charge in [-0.25, -0.2) is 0 Å². The second kappa shape index (κ2) is 3.91. The molecule has 68 valence electrons. The fraction of sp³-hybridized carbons (Fsp3) is 0.900. The van der Waals surface area contributed by atoms with E-state index in [0.29, 0.717) is 12.5 Å². The minimum atomic E-state index is -0.174. The Morgan fingerprint density at radius 2 is 2.33 bits per heavy atom. The molecule has 0 N–H and O–H groups in total. The molecule has 0 aromatic carbocycles. The number of ether oxygens (including phenoxy) is 1. The van der Waals surface area contributed by atoms with Gasteiger partial charge < -0.3 is 4.74 Å². The van der Waals surface area contributed by atoms with Crippen molar-refractivity contribution in [3.63, 3.8) is 0 Å². The summed E-state index contributed by atoms with van der Waals surface area (Å²) < 4.78 is 5.35. The third-order valence-corrected chi connectivity index (χ3v) is 2.36. The van der Waals surface area contributed by atoms with E-state index >= 15 is 0 Å². The van der Waals surface area contributed by atoms with E-state index in [1.807, 2.05) is 0 Å². The van der Waals surface area contributed by atoms with E-state index < -0.39 is 0 Å². The maximum absolute atomic E-state index is 9.06. The van der Waals surface area contributed by atoms with E-state index in [-0.39, 0.29) is 5.41 Å². The largest absolute Gasteiger partial charge is 0.380 e. The lowest BCUT2D eigenvalue weighted by Gasteiger charge is -2.31. The third kappa shape index (κ3) is 2.22. The van der Waals surface area contributed by atoms with Crippen LogP contribution < -0.4 is 0 Å². The molecule has 0 radical (unpaired) electrons. The van der Waals surface area contributed by atoms with Crippen LogP contribution in [-0.2, 0) is 4.74 Å². The fourth-order valence-electron chi connectivity index (χ4n) is 1.93. The van der Waals surface area contributed by atoms with E-state index in [4.69, 9.17) is 10.00 Å². The molecule has 1 aliphatic rings. The quantitative estimate of drug-likeness (QED) is 0.632. The Bertz CT molecular complexity index is 175. The summed E-state index contributed by atoms with van der Waals surface area (Å²) in [6.45, 7) is 5.80. The van der Waals surface area contributed by atoms with Crippen LogP contribution in [0.1, 0.15) is 33.1 Å². The average molecular weight is 167 g/mol. The van der Waals surface area contributed by atoms with Crippen molar-refractivity contribution in [2.24, 2.45) is 11.3 Å². The monoisotopic (exact) mass is 167 g/mol. The summed E-state index contributed by atoms with van der Waals surface area (Å²) in [7, 11) is 0. The molecule has 0 spiro atoms. The van der Waals surface area contributed by atoms with Crippen LogP contribution in [0.2, 0.25) is 0 Å². The molecule has 1 atom stereocenters. The van der Waals surface area contributed by atoms with Gasteiger partial charge in [-0.05, 0) is 25.2 Å². The normalized spacial score (nSPS) is 30.2. The van der Waals surface area contributed by atoms with Crippen LogP contribution in [0.15, 0.2) is 0 Å². The minimum absolute atomic E-state index is 0.174. The molecular formula is C10H17NO. The van der Waals surface area contributed by atoms with Crippen LogP contribution in [0.4, 0.5) is 0 Å². The number of rotatable bonds is 2. The van der Waals surface area contributed by atoms with E-state index in [1.165, 1.54) is 0 Å². The van der Waals surface area contributed by atoms with Crippen molar-refractivity contribution in [3.8, 4) is 6.07 Å². The number of hydrogen-bond acceptors (Lipinski definition) is 2. The van der Waals surface area contributed by atoms with Crippen LogP contribution in [0.25, 0.3) is 0 Å². The Balaban J connectivity index is 2.55. The highest BCUT2D eigenvalue weighted by Crippen LogP contribution is 2.34. The van der Waals surface area contributed by atoms with Gasteiger partial charge in [0.25, 0.3) is 0 Å². The lowest BCUT2D eigenvalue weighted by molar-refractivity contribution is 0.0123. The minimum Gasteiger partial charge on any atom is -0.380 e. The Morgan fingerprint density at radius 3 is 2.75 bits per heavy atom. The average Bonchev–Trinajstić information content (AvgIpc) is 2.05. The summed E-state index contributed by atoms with van der Waals surface area (Å²) in [6.07, 6.45) is 3.03. The third-order valence-electron chi connectivity index (χ3n) is 2.36. The van der Waals surface area contributed by atoms with Crippen molar-refractivity contribution >= 4 is 0 Å². The highest BCUT2D eigenvalue weighted by atomic mass is 16.5. The Morgan fingerprint density at radius 1 is 1.58 bits per heavy atom. The molecular weight excluding hydrogens is 150 g/mol. The molecule has 2 nitrogen and oxygen atoms in total. The van der Waals surface area contributed by atoms with Crippen molar-refractivity contribution in [3.05, 3.63) is 0 Å². The number of nitrogens with zero attached hydrogens (tertiary/aromatic N) is 1. The van der Waals surface area contributed by atoms with Crippen LogP contribution in [0.5, 0.6) is 0 Å². The van der Waals surface area contributed by atoms with E-state index in [0.717, 1.165) is 25.9 Å². The standard InChI is InChI=1S/C10H17NO/c1-9(2)6-10(7-11)4-3-5-12-8-10/h9H,3-6,8H2,1-2H3. The zero-order valence-electron chi connectivity index (χ0n) is 7.97. The molecule has 0 saturated carbocycles. The van der Waals surface area contributed by atoms with Crippen molar-refractivity contribution in [2.75, 3.05) is 13.2 Å². The number of nitriles is 1. The molecule has 1 heterocycles. The first-order chi connectivity index (χ1) is 5.68. The van der Waals surface area contributed by atoms with Gasteiger partial charge in [0.1, 0.15) is 0 Å². The van der Waals surface area contributed by atoms with Crippen molar-refractivity contribution < 1.29 is 4.74 Å². The predicted octanol–water partition coefficient (Wildman–Crippen LogP) is 2.35. The van der Waals surface area contributed by atoms with Gasteiger partial charge in [-0.15, -0.1) is 0 Å². The van der Waals surface area contributed by atoms with Crippen molar-refractivity contribution in [1.82, 2.24) is 0 Å². The zero-order valence-corrected chi connectivity index (χ0v) is 7.97. The topological polar surface area (TPSA) is 33.0 Å². The van der Waals surface area contributed by atoms with Crippen molar-refractivity contribution in [2.45, 2.75) is 33.1 Å². The molecule has 1 unspecified atom stereocenters. The highest BCUT2D eigenvalue weighted by Gasteiger charge is 2.33. The van der Waals surface area contributed by atoms with Gasteiger partial charge >= 0.3 is 0 Å². The summed E-state index contributed by atoms with van der Waals surface area (Å²) in [5.74, 6) is 0.589. The fourth-order valence-corrected chi connectivity index (χ4v) is 1.93. The Hall–Kier alpha value is -0.550. The molecule has 12 heavy (non-hydrogen) atoms. The lowest BCUT2D eigenvalue weighted by Crippen LogP contribution is -2.31. The molecule has 0 amide bonds. The highest BCUT2D eigenvalue weighted by molar-refractivity contribution is 5.00. The van der Waals surface area contributed by atoms with Gasteiger partial charge in [0.15, 0.2) is 0 Å². The summed E-state index contributed by atoms with van der Waals surface area (Å²) >= 11 is 0. The van der Waals surface area contributed by atoms with E-state index in [9.17, 15) is 0 Å². The zero-order chi connectivity index (χ0) is 9.03. The molecule has 0 aromatic heterocycles. The van der Waals surface area contributed by atoms with E-state index in [1.54, 1.807) is 0 Å². The molecule has 0 aromatic rings. The van der Waals surface area contributed by atoms with Crippen LogP contribution >= 0.6 is 0 Å². The van der Waals surface area contributed by atoms with Gasteiger partial charge in [0.2, 0.25) is 0 Å².